The zero-order valence-corrected chi connectivity index (χ0v) is 18.6. The third-order valence-corrected chi connectivity index (χ3v) is 4.42. The molecule has 0 unspecified atom stereocenters. The Bertz CT molecular complexity index is 990. The lowest BCUT2D eigenvalue weighted by Gasteiger charge is -2.12. The van der Waals surface area contributed by atoms with E-state index in [0.717, 1.165) is 5.56 Å². The van der Waals surface area contributed by atoms with E-state index in [1.165, 1.54) is 13.3 Å². The van der Waals surface area contributed by atoms with Crippen LogP contribution >= 0.6 is 0 Å². The molecule has 0 saturated carbocycles. The standard InChI is InChI=1S/C23H28N4O5/c1-5-16(3)25-22(29)23(30)27-24-13-17-9-10-19(20(12-17)31-4)32-14-21(28)26-18-8-6-7-15(2)11-18/h6-13,16H,5,14H2,1-4H3,(H,25,29)(H,26,28)(H,27,30)/b24-13-/t16-/m0/s1. The third-order valence-electron chi connectivity index (χ3n) is 4.42. The van der Waals surface area contributed by atoms with Gasteiger partial charge in [0.25, 0.3) is 5.91 Å². The summed E-state index contributed by atoms with van der Waals surface area (Å²) in [5.74, 6) is -1.14. The first-order valence-corrected chi connectivity index (χ1v) is 10.1. The summed E-state index contributed by atoms with van der Waals surface area (Å²) in [6.45, 7) is 5.45. The van der Waals surface area contributed by atoms with E-state index in [4.69, 9.17) is 9.47 Å². The van der Waals surface area contributed by atoms with Gasteiger partial charge in [-0.2, -0.15) is 5.10 Å². The van der Waals surface area contributed by atoms with E-state index in [-0.39, 0.29) is 18.6 Å². The van der Waals surface area contributed by atoms with E-state index >= 15 is 0 Å². The molecule has 170 valence electrons. The van der Waals surface area contributed by atoms with Gasteiger partial charge in [-0.15, -0.1) is 0 Å². The molecule has 9 heteroatoms. The predicted molar refractivity (Wildman–Crippen MR) is 122 cm³/mol. The summed E-state index contributed by atoms with van der Waals surface area (Å²) >= 11 is 0. The molecule has 2 aromatic carbocycles. The first-order valence-electron chi connectivity index (χ1n) is 10.1. The van der Waals surface area contributed by atoms with E-state index in [9.17, 15) is 14.4 Å². The van der Waals surface area contributed by atoms with Crippen LogP contribution in [0.15, 0.2) is 47.6 Å². The monoisotopic (exact) mass is 440 g/mol. The molecule has 0 heterocycles. The number of hydrazone groups is 1. The Morgan fingerprint density at radius 2 is 1.88 bits per heavy atom. The molecule has 0 aliphatic rings. The summed E-state index contributed by atoms with van der Waals surface area (Å²) in [6.07, 6.45) is 2.08. The lowest BCUT2D eigenvalue weighted by Crippen LogP contribution is -2.41. The number of methoxy groups -OCH3 is 1. The smallest absolute Gasteiger partial charge is 0.329 e. The number of nitrogens with one attached hydrogen (secondary N) is 3. The molecule has 0 fully saturated rings. The van der Waals surface area contributed by atoms with Gasteiger partial charge < -0.3 is 20.1 Å². The summed E-state index contributed by atoms with van der Waals surface area (Å²) in [5.41, 5.74) is 4.50. The highest BCUT2D eigenvalue weighted by atomic mass is 16.5. The van der Waals surface area contributed by atoms with Crippen molar-refractivity contribution in [1.82, 2.24) is 10.7 Å². The minimum absolute atomic E-state index is 0.104. The topological polar surface area (TPSA) is 118 Å². The lowest BCUT2D eigenvalue weighted by molar-refractivity contribution is -0.139. The van der Waals surface area contributed by atoms with Crippen LogP contribution < -0.4 is 25.5 Å². The molecule has 3 amide bonds. The summed E-state index contributed by atoms with van der Waals surface area (Å²) in [4.78, 5) is 35.6. The summed E-state index contributed by atoms with van der Waals surface area (Å²) < 4.78 is 10.9. The van der Waals surface area contributed by atoms with Gasteiger partial charge in [-0.05, 0) is 61.7 Å². The fourth-order valence-electron chi connectivity index (χ4n) is 2.55. The van der Waals surface area contributed by atoms with Crippen LogP contribution in [0.25, 0.3) is 0 Å². The SMILES string of the molecule is CC[C@H](C)NC(=O)C(=O)N/N=C\c1ccc(OCC(=O)Nc2cccc(C)c2)c(OC)c1. The van der Waals surface area contributed by atoms with Crippen LogP contribution in [0.1, 0.15) is 31.4 Å². The predicted octanol–water partition coefficient (Wildman–Crippen LogP) is 2.39. The highest BCUT2D eigenvalue weighted by Crippen LogP contribution is 2.27. The van der Waals surface area contributed by atoms with Crippen molar-refractivity contribution in [3.63, 3.8) is 0 Å². The van der Waals surface area contributed by atoms with Crippen LogP contribution in [0.5, 0.6) is 11.5 Å². The zero-order valence-electron chi connectivity index (χ0n) is 18.6. The highest BCUT2D eigenvalue weighted by molar-refractivity contribution is 6.35. The van der Waals surface area contributed by atoms with Crippen molar-refractivity contribution in [2.45, 2.75) is 33.2 Å². The van der Waals surface area contributed by atoms with Crippen molar-refractivity contribution in [1.29, 1.82) is 0 Å². The maximum Gasteiger partial charge on any atom is 0.329 e. The molecule has 0 aromatic heterocycles. The number of anilines is 1. The lowest BCUT2D eigenvalue weighted by atomic mass is 10.2. The Morgan fingerprint density at radius 1 is 1.09 bits per heavy atom. The number of aryl methyl sites for hydroxylation is 1. The molecule has 0 bridgehead atoms. The Morgan fingerprint density at radius 3 is 2.56 bits per heavy atom. The van der Waals surface area contributed by atoms with Crippen molar-refractivity contribution in [3.8, 4) is 11.5 Å². The number of carbonyl (C=O) groups excluding carboxylic acids is 3. The fourth-order valence-corrected chi connectivity index (χ4v) is 2.55. The number of rotatable bonds is 9. The van der Waals surface area contributed by atoms with E-state index in [0.29, 0.717) is 29.2 Å². The van der Waals surface area contributed by atoms with Crippen LogP contribution in [0, 0.1) is 6.92 Å². The molecule has 0 spiro atoms. The number of amides is 3. The molecular formula is C23H28N4O5. The molecule has 9 nitrogen and oxygen atoms in total. The van der Waals surface area contributed by atoms with Gasteiger partial charge in [0, 0.05) is 11.7 Å². The number of nitrogens with zero attached hydrogens (tertiary/aromatic N) is 1. The van der Waals surface area contributed by atoms with Gasteiger partial charge in [-0.25, -0.2) is 5.43 Å². The molecule has 1 atom stereocenters. The molecule has 3 N–H and O–H groups in total. The van der Waals surface area contributed by atoms with Gasteiger partial charge in [-0.1, -0.05) is 19.1 Å². The van der Waals surface area contributed by atoms with Crippen LogP contribution in [-0.2, 0) is 14.4 Å². The summed E-state index contributed by atoms with van der Waals surface area (Å²) in [5, 5.41) is 9.10. The second kappa shape index (κ2) is 12.1. The molecule has 2 rings (SSSR count). The number of benzene rings is 2. The van der Waals surface area contributed by atoms with E-state index < -0.39 is 11.8 Å². The maximum absolute atomic E-state index is 12.1. The largest absolute Gasteiger partial charge is 0.493 e. The van der Waals surface area contributed by atoms with Gasteiger partial charge in [0.15, 0.2) is 18.1 Å². The quantitative estimate of drug-likeness (QED) is 0.314. The van der Waals surface area contributed by atoms with Crippen LogP contribution in [0.2, 0.25) is 0 Å². The Labute approximate surface area is 187 Å². The Kier molecular flexibility index (Phi) is 9.22. The average Bonchev–Trinajstić information content (AvgIpc) is 2.77. The number of ether oxygens (including phenoxy) is 2. The van der Waals surface area contributed by atoms with Crippen molar-refractivity contribution in [2.24, 2.45) is 5.10 Å². The van der Waals surface area contributed by atoms with Crippen LogP contribution in [-0.4, -0.2) is 43.7 Å². The van der Waals surface area contributed by atoms with E-state index in [1.807, 2.05) is 32.0 Å². The molecule has 0 saturated heterocycles. The van der Waals surface area contributed by atoms with Crippen molar-refractivity contribution < 1.29 is 23.9 Å². The number of carbonyl (C=O) groups is 3. The first-order chi connectivity index (χ1) is 15.3. The van der Waals surface area contributed by atoms with Gasteiger partial charge in [0.05, 0.1) is 13.3 Å². The number of hydrogen-bond acceptors (Lipinski definition) is 6. The summed E-state index contributed by atoms with van der Waals surface area (Å²) in [7, 11) is 1.47. The molecule has 0 aliphatic heterocycles. The molecule has 0 radical (unpaired) electrons. The van der Waals surface area contributed by atoms with Crippen molar-refractivity contribution >= 4 is 29.6 Å². The van der Waals surface area contributed by atoms with E-state index in [1.54, 1.807) is 31.2 Å². The number of hydrogen-bond donors (Lipinski definition) is 3. The highest BCUT2D eigenvalue weighted by Gasteiger charge is 2.14. The first kappa shape index (κ1) is 24.4. The normalized spacial score (nSPS) is 11.5. The molecule has 2 aromatic rings. The maximum atomic E-state index is 12.1. The third kappa shape index (κ3) is 7.75. The average molecular weight is 441 g/mol. The zero-order chi connectivity index (χ0) is 23.5. The second-order valence-corrected chi connectivity index (χ2v) is 7.10. The molecule has 32 heavy (non-hydrogen) atoms. The molecular weight excluding hydrogens is 412 g/mol. The van der Waals surface area contributed by atoms with Gasteiger partial charge in [0.1, 0.15) is 0 Å². The minimum atomic E-state index is -0.854. The van der Waals surface area contributed by atoms with Crippen molar-refractivity contribution in [2.75, 3.05) is 19.0 Å². The van der Waals surface area contributed by atoms with E-state index in [2.05, 4.69) is 21.2 Å². The second-order valence-electron chi connectivity index (χ2n) is 7.10. The van der Waals surface area contributed by atoms with Crippen molar-refractivity contribution in [3.05, 3.63) is 53.6 Å². The molecule has 0 aliphatic carbocycles. The minimum Gasteiger partial charge on any atom is -0.493 e. The van der Waals surface area contributed by atoms with Crippen LogP contribution in [0.3, 0.4) is 0 Å². The van der Waals surface area contributed by atoms with Gasteiger partial charge >= 0.3 is 11.8 Å². The Balaban J connectivity index is 1.91. The Hall–Kier alpha value is -3.88. The van der Waals surface area contributed by atoms with Gasteiger partial charge in [0.2, 0.25) is 0 Å². The fraction of sp³-hybridized carbons (Fsp3) is 0.304. The van der Waals surface area contributed by atoms with Crippen LogP contribution in [0.4, 0.5) is 5.69 Å². The summed E-state index contributed by atoms with van der Waals surface area (Å²) in [6, 6.07) is 12.3. The van der Waals surface area contributed by atoms with Gasteiger partial charge in [-0.3, -0.25) is 14.4 Å².